The van der Waals surface area contributed by atoms with Gasteiger partial charge in [0.25, 0.3) is 0 Å². The van der Waals surface area contributed by atoms with Crippen molar-refractivity contribution in [2.45, 2.75) is 19.8 Å². The molecule has 2 aromatic rings. The van der Waals surface area contributed by atoms with Gasteiger partial charge in [0.1, 0.15) is 11.6 Å². The summed E-state index contributed by atoms with van der Waals surface area (Å²) in [6.45, 7) is 3.64. The van der Waals surface area contributed by atoms with E-state index >= 15 is 0 Å². The van der Waals surface area contributed by atoms with Crippen LogP contribution in [0.15, 0.2) is 30.6 Å². The molecule has 0 saturated carbocycles. The van der Waals surface area contributed by atoms with Gasteiger partial charge in [0.2, 0.25) is 0 Å². The summed E-state index contributed by atoms with van der Waals surface area (Å²) in [5, 5.41) is 7.48. The second-order valence-electron chi connectivity index (χ2n) is 4.61. The third kappa shape index (κ3) is 4.76. The van der Waals surface area contributed by atoms with Crippen molar-refractivity contribution in [2.24, 2.45) is 0 Å². The molecule has 0 aliphatic carbocycles. The molecule has 0 aromatic carbocycles. The smallest absolute Gasteiger partial charge is 0.147 e. The van der Waals surface area contributed by atoms with Crippen molar-refractivity contribution in [3.05, 3.63) is 46.2 Å². The van der Waals surface area contributed by atoms with E-state index in [1.165, 1.54) is 5.56 Å². The van der Waals surface area contributed by atoms with Crippen LogP contribution in [0.2, 0.25) is 10.0 Å². The summed E-state index contributed by atoms with van der Waals surface area (Å²) in [5.41, 5.74) is 1.17. The van der Waals surface area contributed by atoms with Crippen molar-refractivity contribution in [3.8, 4) is 0 Å². The maximum absolute atomic E-state index is 6.17. The fraction of sp³-hybridized carbons (Fsp3) is 0.333. The molecule has 0 aliphatic heterocycles. The third-order valence-electron chi connectivity index (χ3n) is 2.90. The van der Waals surface area contributed by atoms with Crippen LogP contribution in [0.25, 0.3) is 0 Å². The lowest BCUT2D eigenvalue weighted by Crippen LogP contribution is -2.09. The average Bonchev–Trinajstić information content (AvgIpc) is 2.49. The normalized spacial score (nSPS) is 10.4. The van der Waals surface area contributed by atoms with Gasteiger partial charge < -0.3 is 10.6 Å². The Morgan fingerprint density at radius 1 is 1.10 bits per heavy atom. The number of nitrogens with zero attached hydrogens (tertiary/aromatic N) is 2. The molecule has 0 fully saturated rings. The lowest BCUT2D eigenvalue weighted by atomic mass is 10.2. The Morgan fingerprint density at radius 3 is 2.43 bits per heavy atom. The van der Waals surface area contributed by atoms with E-state index in [0.29, 0.717) is 21.7 Å². The Balaban J connectivity index is 1.98. The number of halogens is 2. The van der Waals surface area contributed by atoms with Gasteiger partial charge in [-0.2, -0.15) is 0 Å². The number of aromatic nitrogens is 2. The van der Waals surface area contributed by atoms with Crippen LogP contribution in [0.4, 0.5) is 11.6 Å². The Morgan fingerprint density at radius 2 is 1.81 bits per heavy atom. The van der Waals surface area contributed by atoms with Crippen molar-refractivity contribution in [1.29, 1.82) is 0 Å². The zero-order valence-electron chi connectivity index (χ0n) is 11.9. The second kappa shape index (κ2) is 8.05. The Labute approximate surface area is 134 Å². The van der Waals surface area contributed by atoms with Crippen molar-refractivity contribution >= 4 is 34.8 Å². The molecule has 21 heavy (non-hydrogen) atoms. The topological polar surface area (TPSA) is 49.8 Å². The van der Waals surface area contributed by atoms with E-state index in [4.69, 9.17) is 23.2 Å². The molecule has 0 radical (unpaired) electrons. The summed E-state index contributed by atoms with van der Waals surface area (Å²) in [6.07, 6.45) is 5.48. The van der Waals surface area contributed by atoms with Gasteiger partial charge in [0.15, 0.2) is 0 Å². The van der Waals surface area contributed by atoms with E-state index in [2.05, 4.69) is 27.5 Å². The summed E-state index contributed by atoms with van der Waals surface area (Å²) < 4.78 is 0. The minimum absolute atomic E-state index is 0.522. The van der Waals surface area contributed by atoms with Gasteiger partial charge in [-0.1, -0.05) is 36.2 Å². The molecule has 2 N–H and O–H groups in total. The van der Waals surface area contributed by atoms with Crippen LogP contribution in [0.3, 0.4) is 0 Å². The zero-order chi connectivity index (χ0) is 15.1. The molecule has 2 aromatic heterocycles. The lowest BCUT2D eigenvalue weighted by Gasteiger charge is -2.12. The van der Waals surface area contributed by atoms with Crippen LogP contribution >= 0.6 is 23.2 Å². The quantitative estimate of drug-likeness (QED) is 0.798. The van der Waals surface area contributed by atoms with Gasteiger partial charge in [-0.25, -0.2) is 4.98 Å². The molecule has 0 aliphatic rings. The predicted molar refractivity (Wildman–Crippen MR) is 89.5 cm³/mol. The second-order valence-corrected chi connectivity index (χ2v) is 5.43. The molecule has 0 atom stereocenters. The molecule has 0 saturated heterocycles. The molecule has 4 nitrogen and oxygen atoms in total. The number of hydrogen-bond donors (Lipinski definition) is 2. The number of hydrogen-bond acceptors (Lipinski definition) is 4. The standard InChI is InChI=1S/C15H18Cl2N4/c1-2-6-19-14-12(16)9-13(17)15(21-14)20-8-5-11-4-3-7-18-10-11/h3-4,7,9-10H,2,5-6,8H2,1H3,(H2,19,20,21). The van der Waals surface area contributed by atoms with Crippen molar-refractivity contribution < 1.29 is 0 Å². The zero-order valence-corrected chi connectivity index (χ0v) is 13.4. The van der Waals surface area contributed by atoms with Gasteiger partial charge >= 0.3 is 0 Å². The fourth-order valence-corrected chi connectivity index (χ4v) is 2.32. The van der Waals surface area contributed by atoms with Gasteiger partial charge in [-0.3, -0.25) is 4.98 Å². The van der Waals surface area contributed by atoms with E-state index in [-0.39, 0.29) is 0 Å². The van der Waals surface area contributed by atoms with Crippen LogP contribution in [0, 0.1) is 0 Å². The minimum Gasteiger partial charge on any atom is -0.369 e. The summed E-state index contributed by atoms with van der Waals surface area (Å²) in [6, 6.07) is 5.68. The van der Waals surface area contributed by atoms with Gasteiger partial charge in [-0.05, 0) is 30.5 Å². The molecular weight excluding hydrogens is 307 g/mol. The third-order valence-corrected chi connectivity index (χ3v) is 3.48. The van der Waals surface area contributed by atoms with Crippen molar-refractivity contribution in [2.75, 3.05) is 23.7 Å². The predicted octanol–water partition coefficient (Wildman–Crippen LogP) is 4.26. The van der Waals surface area contributed by atoms with E-state index < -0.39 is 0 Å². The number of rotatable bonds is 7. The van der Waals surface area contributed by atoms with Crippen molar-refractivity contribution in [3.63, 3.8) is 0 Å². The van der Waals surface area contributed by atoms with E-state index in [0.717, 1.165) is 25.9 Å². The highest BCUT2D eigenvalue weighted by Gasteiger charge is 2.08. The maximum atomic E-state index is 6.17. The van der Waals surface area contributed by atoms with Crippen LogP contribution in [0.1, 0.15) is 18.9 Å². The highest BCUT2D eigenvalue weighted by molar-refractivity contribution is 6.37. The first kappa shape index (κ1) is 15.9. The first-order valence-electron chi connectivity index (χ1n) is 6.93. The molecule has 112 valence electrons. The largest absolute Gasteiger partial charge is 0.369 e. The molecule has 0 unspecified atom stereocenters. The summed E-state index contributed by atoms with van der Waals surface area (Å²) >= 11 is 12.3. The van der Waals surface area contributed by atoms with Crippen LogP contribution in [-0.4, -0.2) is 23.1 Å². The molecule has 0 spiro atoms. The Bertz CT molecular complexity index is 575. The Hall–Kier alpha value is -1.52. The Kier molecular flexibility index (Phi) is 6.08. The van der Waals surface area contributed by atoms with E-state index in [9.17, 15) is 0 Å². The molecular formula is C15H18Cl2N4. The average molecular weight is 325 g/mol. The summed E-state index contributed by atoms with van der Waals surface area (Å²) in [5.74, 6) is 1.30. The SMILES string of the molecule is CCCNc1nc(NCCc2cccnc2)c(Cl)cc1Cl. The first-order valence-corrected chi connectivity index (χ1v) is 7.69. The number of nitrogens with one attached hydrogen (secondary N) is 2. The molecule has 2 rings (SSSR count). The lowest BCUT2D eigenvalue weighted by molar-refractivity contribution is 0.963. The van der Waals surface area contributed by atoms with Crippen LogP contribution < -0.4 is 10.6 Å². The summed E-state index contributed by atoms with van der Waals surface area (Å²) in [7, 11) is 0. The van der Waals surface area contributed by atoms with E-state index in [1.54, 1.807) is 12.3 Å². The van der Waals surface area contributed by atoms with Crippen molar-refractivity contribution in [1.82, 2.24) is 9.97 Å². The number of anilines is 2. The maximum Gasteiger partial charge on any atom is 0.147 e. The molecule has 0 bridgehead atoms. The van der Waals surface area contributed by atoms with Crippen LogP contribution in [0.5, 0.6) is 0 Å². The molecule has 6 heteroatoms. The van der Waals surface area contributed by atoms with Gasteiger partial charge in [0, 0.05) is 25.5 Å². The number of pyridine rings is 2. The minimum atomic E-state index is 0.522. The van der Waals surface area contributed by atoms with E-state index in [1.807, 2.05) is 18.3 Å². The highest BCUT2D eigenvalue weighted by atomic mass is 35.5. The van der Waals surface area contributed by atoms with Crippen LogP contribution in [-0.2, 0) is 6.42 Å². The molecule has 0 amide bonds. The molecule has 2 heterocycles. The monoisotopic (exact) mass is 324 g/mol. The summed E-state index contributed by atoms with van der Waals surface area (Å²) in [4.78, 5) is 8.53. The fourth-order valence-electron chi connectivity index (χ4n) is 1.83. The first-order chi connectivity index (χ1) is 10.2. The van der Waals surface area contributed by atoms with Gasteiger partial charge in [-0.15, -0.1) is 0 Å². The van der Waals surface area contributed by atoms with Gasteiger partial charge in [0.05, 0.1) is 10.0 Å². The highest BCUT2D eigenvalue weighted by Crippen LogP contribution is 2.29.